The van der Waals surface area contributed by atoms with Crippen LogP contribution in [-0.4, -0.2) is 37.4 Å². The van der Waals surface area contributed by atoms with Crippen LogP contribution in [0, 0.1) is 5.92 Å². The summed E-state index contributed by atoms with van der Waals surface area (Å²) in [6.45, 7) is 4.35. The second-order valence-electron chi connectivity index (χ2n) is 4.86. The molecule has 0 aliphatic carbocycles. The molecule has 0 aliphatic rings. The molecular formula is C15H23NO4. The minimum atomic E-state index is -0.519. The number of hydrogen-bond donors (Lipinski definition) is 2. The molecule has 0 bridgehead atoms. The van der Waals surface area contributed by atoms with Crippen LogP contribution in [0.15, 0.2) is 24.3 Å². The van der Waals surface area contributed by atoms with E-state index in [0.29, 0.717) is 11.5 Å². The lowest BCUT2D eigenvalue weighted by molar-refractivity contribution is -0.122. The van der Waals surface area contributed by atoms with Gasteiger partial charge in [-0.3, -0.25) is 4.79 Å². The van der Waals surface area contributed by atoms with Gasteiger partial charge < -0.3 is 19.9 Å². The third-order valence-electron chi connectivity index (χ3n) is 2.93. The zero-order valence-corrected chi connectivity index (χ0v) is 12.3. The van der Waals surface area contributed by atoms with Gasteiger partial charge in [0.1, 0.15) is 0 Å². The molecule has 1 rings (SSSR count). The third kappa shape index (κ3) is 5.48. The van der Waals surface area contributed by atoms with Gasteiger partial charge in [-0.15, -0.1) is 0 Å². The fourth-order valence-electron chi connectivity index (χ4n) is 1.53. The molecule has 1 atom stereocenters. The van der Waals surface area contributed by atoms with Gasteiger partial charge in [-0.1, -0.05) is 26.0 Å². The Bertz CT molecular complexity index is 420. The minimum absolute atomic E-state index is 0.125. The van der Waals surface area contributed by atoms with Crippen molar-refractivity contribution < 1.29 is 19.4 Å². The molecule has 20 heavy (non-hydrogen) atoms. The number of aliphatic hydroxyl groups is 1. The summed E-state index contributed by atoms with van der Waals surface area (Å²) in [4.78, 5) is 11.6. The Kier molecular flexibility index (Phi) is 6.87. The van der Waals surface area contributed by atoms with Gasteiger partial charge in [-0.05, 0) is 18.1 Å². The third-order valence-corrected chi connectivity index (χ3v) is 2.93. The molecule has 112 valence electrons. The molecule has 1 amide bonds. The molecule has 0 aromatic heterocycles. The average molecular weight is 281 g/mol. The minimum Gasteiger partial charge on any atom is -0.493 e. The molecular weight excluding hydrogens is 258 g/mol. The van der Waals surface area contributed by atoms with Gasteiger partial charge in [0.25, 0.3) is 0 Å². The first-order valence-corrected chi connectivity index (χ1v) is 6.75. The fourth-order valence-corrected chi connectivity index (χ4v) is 1.53. The van der Waals surface area contributed by atoms with Gasteiger partial charge in [0.05, 0.1) is 26.2 Å². The molecule has 0 saturated heterocycles. The number of ether oxygens (including phenoxy) is 2. The monoisotopic (exact) mass is 281 g/mol. The molecule has 0 heterocycles. The maximum absolute atomic E-state index is 11.6. The lowest BCUT2D eigenvalue weighted by Gasteiger charge is -2.15. The van der Waals surface area contributed by atoms with Crippen LogP contribution in [0.5, 0.6) is 11.5 Å². The van der Waals surface area contributed by atoms with Crippen LogP contribution < -0.4 is 14.8 Å². The number of benzene rings is 1. The topological polar surface area (TPSA) is 67.8 Å². The van der Waals surface area contributed by atoms with Crippen molar-refractivity contribution >= 4 is 5.91 Å². The highest BCUT2D eigenvalue weighted by molar-refractivity contribution is 5.76. The molecule has 0 saturated carbocycles. The van der Waals surface area contributed by atoms with Gasteiger partial charge in [-0.25, -0.2) is 0 Å². The largest absolute Gasteiger partial charge is 0.493 e. The number of nitrogens with one attached hydrogen (secondary N) is 1. The first kappa shape index (κ1) is 16.3. The van der Waals surface area contributed by atoms with E-state index in [0.717, 1.165) is 0 Å². The van der Waals surface area contributed by atoms with Gasteiger partial charge in [0.2, 0.25) is 5.91 Å². The second-order valence-corrected chi connectivity index (χ2v) is 4.86. The fraction of sp³-hybridized carbons (Fsp3) is 0.533. The predicted molar refractivity (Wildman–Crippen MR) is 77.0 cm³/mol. The highest BCUT2D eigenvalue weighted by Gasteiger charge is 2.11. The highest BCUT2D eigenvalue weighted by atomic mass is 16.5. The lowest BCUT2D eigenvalue weighted by atomic mass is 10.1. The van der Waals surface area contributed by atoms with E-state index >= 15 is 0 Å². The van der Waals surface area contributed by atoms with Crippen molar-refractivity contribution in [3.8, 4) is 11.5 Å². The number of para-hydroxylation sites is 2. The van der Waals surface area contributed by atoms with Crippen LogP contribution in [0.3, 0.4) is 0 Å². The van der Waals surface area contributed by atoms with Gasteiger partial charge >= 0.3 is 0 Å². The summed E-state index contributed by atoms with van der Waals surface area (Å²) in [5, 5.41) is 12.3. The van der Waals surface area contributed by atoms with Crippen molar-refractivity contribution in [3.05, 3.63) is 24.3 Å². The average Bonchev–Trinajstić information content (AvgIpc) is 2.45. The second kappa shape index (κ2) is 8.43. The molecule has 0 spiro atoms. The molecule has 0 fully saturated rings. The maximum atomic E-state index is 11.6. The molecule has 5 nitrogen and oxygen atoms in total. The maximum Gasteiger partial charge on any atom is 0.223 e. The van der Waals surface area contributed by atoms with Crippen molar-refractivity contribution in [2.24, 2.45) is 5.92 Å². The van der Waals surface area contributed by atoms with E-state index in [1.54, 1.807) is 19.2 Å². The molecule has 1 aromatic rings. The Morgan fingerprint density at radius 3 is 2.55 bits per heavy atom. The van der Waals surface area contributed by atoms with Crippen molar-refractivity contribution in [1.82, 2.24) is 5.32 Å². The summed E-state index contributed by atoms with van der Waals surface area (Å²) in [6.07, 6.45) is -0.280. The number of carbonyl (C=O) groups excluding carboxylic acids is 1. The lowest BCUT2D eigenvalue weighted by Crippen LogP contribution is -2.35. The Labute approximate surface area is 119 Å². The SMILES string of the molecule is COc1ccccc1OCCC(=O)NCC(O)C(C)C. The number of aliphatic hydroxyl groups excluding tert-OH is 1. The number of carbonyl (C=O) groups is 1. The van der Waals surface area contributed by atoms with Crippen LogP contribution in [0.4, 0.5) is 0 Å². The number of hydrogen-bond acceptors (Lipinski definition) is 4. The van der Waals surface area contributed by atoms with Crippen molar-refractivity contribution in [2.75, 3.05) is 20.3 Å². The van der Waals surface area contributed by atoms with Crippen LogP contribution in [0.2, 0.25) is 0 Å². The molecule has 1 aromatic carbocycles. The van der Waals surface area contributed by atoms with Crippen LogP contribution in [0.1, 0.15) is 20.3 Å². The quantitative estimate of drug-likeness (QED) is 0.759. The summed E-state index contributed by atoms with van der Waals surface area (Å²) in [5.74, 6) is 1.24. The van der Waals surface area contributed by atoms with E-state index in [1.165, 1.54) is 0 Å². The Balaban J connectivity index is 2.28. The molecule has 0 aliphatic heterocycles. The standard InChI is InChI=1S/C15H23NO4/c1-11(2)12(17)10-16-15(18)8-9-20-14-7-5-4-6-13(14)19-3/h4-7,11-12,17H,8-10H2,1-3H3,(H,16,18). The Hall–Kier alpha value is -1.75. The van der Waals surface area contributed by atoms with Gasteiger partial charge in [0, 0.05) is 6.54 Å². The van der Waals surface area contributed by atoms with Crippen molar-refractivity contribution in [1.29, 1.82) is 0 Å². The Morgan fingerprint density at radius 2 is 1.95 bits per heavy atom. The molecule has 5 heteroatoms. The van der Waals surface area contributed by atoms with Crippen molar-refractivity contribution in [3.63, 3.8) is 0 Å². The summed E-state index contributed by atoms with van der Waals surface area (Å²) in [6, 6.07) is 7.29. The number of amides is 1. The predicted octanol–water partition coefficient (Wildman–Crippen LogP) is 1.60. The molecule has 1 unspecified atom stereocenters. The molecule has 2 N–H and O–H groups in total. The molecule has 0 radical (unpaired) electrons. The first-order valence-electron chi connectivity index (χ1n) is 6.75. The normalized spacial score (nSPS) is 12.1. The van der Waals surface area contributed by atoms with Crippen LogP contribution in [0.25, 0.3) is 0 Å². The zero-order valence-electron chi connectivity index (χ0n) is 12.3. The van der Waals surface area contributed by atoms with E-state index in [9.17, 15) is 9.90 Å². The Morgan fingerprint density at radius 1 is 1.30 bits per heavy atom. The van der Waals surface area contributed by atoms with E-state index in [4.69, 9.17) is 9.47 Å². The van der Waals surface area contributed by atoms with Crippen LogP contribution in [-0.2, 0) is 4.79 Å². The highest BCUT2D eigenvalue weighted by Crippen LogP contribution is 2.25. The summed E-state index contributed by atoms with van der Waals surface area (Å²) >= 11 is 0. The summed E-state index contributed by atoms with van der Waals surface area (Å²) < 4.78 is 10.7. The first-order chi connectivity index (χ1) is 9.54. The number of methoxy groups -OCH3 is 1. The van der Waals surface area contributed by atoms with Crippen LogP contribution >= 0.6 is 0 Å². The number of rotatable bonds is 8. The summed E-state index contributed by atoms with van der Waals surface area (Å²) in [7, 11) is 1.57. The van der Waals surface area contributed by atoms with E-state index in [-0.39, 0.29) is 31.4 Å². The van der Waals surface area contributed by atoms with E-state index in [2.05, 4.69) is 5.32 Å². The zero-order chi connectivity index (χ0) is 15.0. The van der Waals surface area contributed by atoms with Gasteiger partial charge in [0.15, 0.2) is 11.5 Å². The smallest absolute Gasteiger partial charge is 0.223 e. The summed E-state index contributed by atoms with van der Waals surface area (Å²) in [5.41, 5.74) is 0. The van der Waals surface area contributed by atoms with E-state index < -0.39 is 6.10 Å². The van der Waals surface area contributed by atoms with Gasteiger partial charge in [-0.2, -0.15) is 0 Å². The van der Waals surface area contributed by atoms with E-state index in [1.807, 2.05) is 26.0 Å². The van der Waals surface area contributed by atoms with Crippen molar-refractivity contribution in [2.45, 2.75) is 26.4 Å².